The fraction of sp³-hybridized carbons (Fsp3) is 0.478. The monoisotopic (exact) mass is 340 g/mol. The predicted octanol–water partition coefficient (Wildman–Crippen LogP) is 6.34. The third-order valence-corrected chi connectivity index (χ3v) is 4.35. The second-order valence-corrected chi connectivity index (χ2v) is 7.27. The topological polar surface area (TPSA) is 18.5 Å². The minimum atomic E-state index is 0.184. The lowest BCUT2D eigenvalue weighted by atomic mass is 9.91. The molecule has 0 bridgehead atoms. The van der Waals surface area contributed by atoms with Crippen molar-refractivity contribution in [1.29, 1.82) is 0 Å². The first kappa shape index (κ1) is 19.4. The lowest BCUT2D eigenvalue weighted by Crippen LogP contribution is -2.09. The molecule has 2 aromatic carbocycles. The van der Waals surface area contributed by atoms with Gasteiger partial charge in [0, 0.05) is 0 Å². The molecule has 136 valence electrons. The summed E-state index contributed by atoms with van der Waals surface area (Å²) in [5.74, 6) is 2.87. The van der Waals surface area contributed by atoms with E-state index >= 15 is 0 Å². The Morgan fingerprint density at radius 1 is 0.840 bits per heavy atom. The van der Waals surface area contributed by atoms with Gasteiger partial charge >= 0.3 is 0 Å². The van der Waals surface area contributed by atoms with Crippen molar-refractivity contribution < 1.29 is 9.47 Å². The van der Waals surface area contributed by atoms with Gasteiger partial charge in [-0.15, -0.1) is 0 Å². The molecule has 0 aliphatic heterocycles. The molecule has 0 aromatic heterocycles. The molecule has 25 heavy (non-hydrogen) atoms. The van der Waals surface area contributed by atoms with Gasteiger partial charge in [0.2, 0.25) is 0 Å². The van der Waals surface area contributed by atoms with E-state index in [1.165, 1.54) is 16.7 Å². The summed E-state index contributed by atoms with van der Waals surface area (Å²) in [7, 11) is 0. The van der Waals surface area contributed by atoms with Crippen LogP contribution >= 0.6 is 0 Å². The number of rotatable bonds is 8. The molecule has 0 N–H and O–H groups in total. The van der Waals surface area contributed by atoms with Crippen molar-refractivity contribution in [2.24, 2.45) is 0 Å². The Bertz CT molecular complexity index is 674. The largest absolute Gasteiger partial charge is 0.494 e. The molecule has 0 saturated carbocycles. The van der Waals surface area contributed by atoms with Crippen LogP contribution in [0.15, 0.2) is 42.5 Å². The molecule has 0 fully saturated rings. The molecule has 1 unspecified atom stereocenters. The van der Waals surface area contributed by atoms with E-state index in [0.717, 1.165) is 17.9 Å². The first-order chi connectivity index (χ1) is 11.9. The van der Waals surface area contributed by atoms with E-state index in [4.69, 9.17) is 9.47 Å². The standard InChI is InChI=1S/C23H32O2/c1-7-24-23-15-19(12-13-20(23)16(2)3)14-18(6)21-10-8-9-11-22(21)25-17(4)5/h8-13,15-18H,7,14H2,1-6H3. The summed E-state index contributed by atoms with van der Waals surface area (Å²) in [6, 6.07) is 15.0. The van der Waals surface area contributed by atoms with Crippen molar-refractivity contribution >= 4 is 0 Å². The molecule has 2 heteroatoms. The molecular formula is C23H32O2. The molecule has 0 heterocycles. The number of hydrogen-bond acceptors (Lipinski definition) is 2. The van der Waals surface area contributed by atoms with Gasteiger partial charge in [-0.05, 0) is 67.9 Å². The maximum absolute atomic E-state index is 5.99. The zero-order valence-electron chi connectivity index (χ0n) is 16.5. The summed E-state index contributed by atoms with van der Waals surface area (Å²) in [4.78, 5) is 0. The Kier molecular flexibility index (Phi) is 6.92. The third-order valence-electron chi connectivity index (χ3n) is 4.35. The number of ether oxygens (including phenoxy) is 2. The van der Waals surface area contributed by atoms with Crippen LogP contribution in [0.5, 0.6) is 11.5 Å². The molecule has 0 amide bonds. The van der Waals surface area contributed by atoms with E-state index in [-0.39, 0.29) is 6.10 Å². The van der Waals surface area contributed by atoms with Gasteiger partial charge < -0.3 is 9.47 Å². The molecule has 2 nitrogen and oxygen atoms in total. The van der Waals surface area contributed by atoms with Crippen LogP contribution in [0.25, 0.3) is 0 Å². The highest BCUT2D eigenvalue weighted by Gasteiger charge is 2.15. The highest BCUT2D eigenvalue weighted by atomic mass is 16.5. The maximum atomic E-state index is 5.99. The average Bonchev–Trinajstić information content (AvgIpc) is 2.55. The average molecular weight is 341 g/mol. The highest BCUT2D eigenvalue weighted by Crippen LogP contribution is 2.32. The Morgan fingerprint density at radius 3 is 2.20 bits per heavy atom. The minimum Gasteiger partial charge on any atom is -0.494 e. The van der Waals surface area contributed by atoms with Crippen LogP contribution in [0.2, 0.25) is 0 Å². The van der Waals surface area contributed by atoms with Gasteiger partial charge in [0.05, 0.1) is 12.7 Å². The van der Waals surface area contributed by atoms with Crippen LogP contribution in [0, 0.1) is 0 Å². The normalized spacial score (nSPS) is 12.5. The van der Waals surface area contributed by atoms with E-state index in [1.807, 2.05) is 13.0 Å². The minimum absolute atomic E-state index is 0.184. The van der Waals surface area contributed by atoms with Crippen molar-refractivity contribution in [3.05, 3.63) is 59.2 Å². The smallest absolute Gasteiger partial charge is 0.123 e. The fourth-order valence-corrected chi connectivity index (χ4v) is 3.18. The second kappa shape index (κ2) is 8.94. The molecule has 0 saturated heterocycles. The zero-order chi connectivity index (χ0) is 18.4. The summed E-state index contributed by atoms with van der Waals surface area (Å²) in [6.07, 6.45) is 1.15. The highest BCUT2D eigenvalue weighted by molar-refractivity contribution is 5.42. The molecular weight excluding hydrogens is 308 g/mol. The van der Waals surface area contributed by atoms with Gasteiger partial charge in [0.25, 0.3) is 0 Å². The van der Waals surface area contributed by atoms with Crippen molar-refractivity contribution in [3.63, 3.8) is 0 Å². The summed E-state index contributed by atoms with van der Waals surface area (Å²) in [5, 5.41) is 0. The maximum Gasteiger partial charge on any atom is 0.123 e. The molecule has 0 aliphatic rings. The van der Waals surface area contributed by atoms with Crippen molar-refractivity contribution in [2.75, 3.05) is 6.61 Å². The van der Waals surface area contributed by atoms with E-state index in [0.29, 0.717) is 18.4 Å². The molecule has 0 spiro atoms. The van der Waals surface area contributed by atoms with Crippen LogP contribution in [-0.2, 0) is 6.42 Å². The molecule has 0 aliphatic carbocycles. The Labute approximate surface area is 153 Å². The lowest BCUT2D eigenvalue weighted by molar-refractivity contribution is 0.239. The van der Waals surface area contributed by atoms with E-state index < -0.39 is 0 Å². The van der Waals surface area contributed by atoms with Gasteiger partial charge in [0.15, 0.2) is 0 Å². The Hall–Kier alpha value is -1.96. The second-order valence-electron chi connectivity index (χ2n) is 7.27. The molecule has 0 radical (unpaired) electrons. The van der Waals surface area contributed by atoms with Gasteiger partial charge in [-0.3, -0.25) is 0 Å². The first-order valence-electron chi connectivity index (χ1n) is 9.43. The number of benzene rings is 2. The van der Waals surface area contributed by atoms with Gasteiger partial charge in [-0.2, -0.15) is 0 Å². The SMILES string of the molecule is CCOc1cc(CC(C)c2ccccc2OC(C)C)ccc1C(C)C. The summed E-state index contributed by atoms with van der Waals surface area (Å²) in [5.41, 5.74) is 3.85. The fourth-order valence-electron chi connectivity index (χ4n) is 3.18. The van der Waals surface area contributed by atoms with Gasteiger partial charge in [0.1, 0.15) is 11.5 Å². The van der Waals surface area contributed by atoms with Crippen LogP contribution in [0.3, 0.4) is 0 Å². The first-order valence-corrected chi connectivity index (χ1v) is 9.43. The lowest BCUT2D eigenvalue weighted by Gasteiger charge is -2.20. The van der Waals surface area contributed by atoms with Crippen molar-refractivity contribution in [3.8, 4) is 11.5 Å². The number of para-hydroxylation sites is 1. The Morgan fingerprint density at radius 2 is 1.56 bits per heavy atom. The van der Waals surface area contributed by atoms with E-state index in [2.05, 4.69) is 71.0 Å². The Balaban J connectivity index is 2.23. The van der Waals surface area contributed by atoms with E-state index in [9.17, 15) is 0 Å². The van der Waals surface area contributed by atoms with E-state index in [1.54, 1.807) is 0 Å². The zero-order valence-corrected chi connectivity index (χ0v) is 16.5. The summed E-state index contributed by atoms with van der Waals surface area (Å²) in [6.45, 7) is 13.6. The third kappa shape index (κ3) is 5.26. The molecule has 2 rings (SSSR count). The van der Waals surface area contributed by atoms with Gasteiger partial charge in [-0.25, -0.2) is 0 Å². The summed E-state index contributed by atoms with van der Waals surface area (Å²) < 4.78 is 11.9. The quantitative estimate of drug-likeness (QED) is 0.558. The van der Waals surface area contributed by atoms with Crippen LogP contribution in [0.1, 0.15) is 70.1 Å². The van der Waals surface area contributed by atoms with Crippen molar-refractivity contribution in [1.82, 2.24) is 0 Å². The van der Waals surface area contributed by atoms with Crippen molar-refractivity contribution in [2.45, 2.75) is 65.9 Å². The van der Waals surface area contributed by atoms with Crippen LogP contribution < -0.4 is 9.47 Å². The molecule has 2 aromatic rings. The number of hydrogen-bond donors (Lipinski definition) is 0. The van der Waals surface area contributed by atoms with Gasteiger partial charge in [-0.1, -0.05) is 51.1 Å². The summed E-state index contributed by atoms with van der Waals surface area (Å²) >= 11 is 0. The van der Waals surface area contributed by atoms with Crippen LogP contribution in [-0.4, -0.2) is 12.7 Å². The van der Waals surface area contributed by atoms with Crippen LogP contribution in [0.4, 0.5) is 0 Å². The molecule has 1 atom stereocenters. The predicted molar refractivity (Wildman–Crippen MR) is 106 cm³/mol.